The molecule has 0 aromatic rings. The topological polar surface area (TPSA) is 26.3 Å². The van der Waals surface area contributed by atoms with Crippen molar-refractivity contribution in [3.8, 4) is 0 Å². The summed E-state index contributed by atoms with van der Waals surface area (Å²) in [5, 5.41) is 0. The molecule has 1 saturated carbocycles. The second kappa shape index (κ2) is 6.53. The van der Waals surface area contributed by atoms with Gasteiger partial charge in [-0.2, -0.15) is 0 Å². The lowest BCUT2D eigenvalue weighted by Crippen LogP contribution is -2.42. The molecule has 100 valence electrons. The average molecular weight is 240 g/mol. The lowest BCUT2D eigenvalue weighted by atomic mass is 9.69. The maximum absolute atomic E-state index is 12.6. The fraction of sp³-hybridized carbons (Fsp3) is 0.933. The molecule has 3 atom stereocenters. The summed E-state index contributed by atoms with van der Waals surface area (Å²) in [6, 6.07) is 0. The Morgan fingerprint density at radius 1 is 1.24 bits per heavy atom. The molecule has 2 nitrogen and oxygen atoms in total. The Balaban J connectivity index is 2.73. The van der Waals surface area contributed by atoms with Crippen molar-refractivity contribution in [3.63, 3.8) is 0 Å². The van der Waals surface area contributed by atoms with E-state index in [4.69, 9.17) is 4.74 Å². The molecule has 2 heteroatoms. The minimum atomic E-state index is -0.192. The van der Waals surface area contributed by atoms with Gasteiger partial charge in [0.25, 0.3) is 0 Å². The molecule has 17 heavy (non-hydrogen) atoms. The van der Waals surface area contributed by atoms with Crippen molar-refractivity contribution in [1.82, 2.24) is 0 Å². The second-order valence-corrected chi connectivity index (χ2v) is 5.73. The van der Waals surface area contributed by atoms with Gasteiger partial charge in [0.15, 0.2) is 0 Å². The molecule has 1 rings (SSSR count). The number of hydrogen-bond donors (Lipinski definition) is 0. The minimum absolute atomic E-state index is 0.192. The quantitative estimate of drug-likeness (QED) is 0.632. The molecule has 1 aliphatic rings. The molecule has 0 N–H and O–H groups in total. The number of rotatable bonds is 7. The van der Waals surface area contributed by atoms with E-state index in [0.717, 1.165) is 19.3 Å². The summed E-state index contributed by atoms with van der Waals surface area (Å²) in [4.78, 5) is 12.6. The van der Waals surface area contributed by atoms with E-state index in [1.54, 1.807) is 7.11 Å². The highest BCUT2D eigenvalue weighted by molar-refractivity contribution is 5.86. The zero-order chi connectivity index (χ0) is 12.9. The highest BCUT2D eigenvalue weighted by Crippen LogP contribution is 2.49. The number of hydrogen-bond acceptors (Lipinski definition) is 2. The summed E-state index contributed by atoms with van der Waals surface area (Å²) < 4.78 is 5.38. The molecular weight excluding hydrogens is 212 g/mol. The highest BCUT2D eigenvalue weighted by Gasteiger charge is 2.50. The Labute approximate surface area is 106 Å². The molecule has 0 aromatic carbocycles. The van der Waals surface area contributed by atoms with Gasteiger partial charge in [0, 0.05) is 13.5 Å². The van der Waals surface area contributed by atoms with E-state index in [1.165, 1.54) is 19.3 Å². The van der Waals surface area contributed by atoms with Crippen molar-refractivity contribution in [3.05, 3.63) is 0 Å². The molecule has 0 bridgehead atoms. The van der Waals surface area contributed by atoms with E-state index in [-0.39, 0.29) is 5.41 Å². The first-order chi connectivity index (χ1) is 8.09. The van der Waals surface area contributed by atoms with Crippen LogP contribution in [-0.4, -0.2) is 19.5 Å². The Hall–Kier alpha value is -0.370. The van der Waals surface area contributed by atoms with Crippen LogP contribution < -0.4 is 0 Å². The smallest absolute Gasteiger partial charge is 0.141 e. The molecule has 0 heterocycles. The van der Waals surface area contributed by atoms with Gasteiger partial charge in [-0.15, -0.1) is 0 Å². The van der Waals surface area contributed by atoms with Crippen LogP contribution in [0.1, 0.15) is 59.3 Å². The van der Waals surface area contributed by atoms with E-state index < -0.39 is 0 Å². The average Bonchev–Trinajstić information content (AvgIpc) is 2.59. The lowest BCUT2D eigenvalue weighted by Gasteiger charge is -2.35. The van der Waals surface area contributed by atoms with Gasteiger partial charge in [-0.05, 0) is 31.1 Å². The maximum Gasteiger partial charge on any atom is 0.141 e. The number of methoxy groups -OCH3 is 1. The number of carbonyl (C=O) groups excluding carboxylic acids is 1. The molecular formula is C15H28O2. The van der Waals surface area contributed by atoms with E-state index in [1.807, 2.05) is 0 Å². The van der Waals surface area contributed by atoms with Crippen molar-refractivity contribution in [1.29, 1.82) is 0 Å². The fourth-order valence-corrected chi connectivity index (χ4v) is 3.42. The van der Waals surface area contributed by atoms with Crippen LogP contribution in [0.3, 0.4) is 0 Å². The van der Waals surface area contributed by atoms with Gasteiger partial charge in [-0.1, -0.05) is 33.6 Å². The van der Waals surface area contributed by atoms with Crippen LogP contribution in [-0.2, 0) is 9.53 Å². The van der Waals surface area contributed by atoms with Crippen molar-refractivity contribution < 1.29 is 9.53 Å². The van der Waals surface area contributed by atoms with Crippen LogP contribution in [0.15, 0.2) is 0 Å². The Morgan fingerprint density at radius 2 is 1.82 bits per heavy atom. The van der Waals surface area contributed by atoms with Crippen molar-refractivity contribution >= 4 is 5.78 Å². The molecule has 1 fully saturated rings. The van der Waals surface area contributed by atoms with Crippen molar-refractivity contribution in [2.75, 3.05) is 13.7 Å². The molecule has 0 radical (unpaired) electrons. The molecule has 0 saturated heterocycles. The first-order valence-corrected chi connectivity index (χ1v) is 7.11. The SMILES string of the molecule is CCCCCC(=O)C1(COC)C(C)CC[C@H]1C. The van der Waals surface area contributed by atoms with Crippen LogP contribution in [0.25, 0.3) is 0 Å². The summed E-state index contributed by atoms with van der Waals surface area (Å²) in [5.41, 5.74) is -0.192. The third-order valence-corrected chi connectivity index (χ3v) is 4.70. The number of carbonyl (C=O) groups is 1. The van der Waals surface area contributed by atoms with Gasteiger partial charge in [0.1, 0.15) is 5.78 Å². The predicted molar refractivity (Wildman–Crippen MR) is 71.0 cm³/mol. The summed E-state index contributed by atoms with van der Waals surface area (Å²) in [6.07, 6.45) is 6.47. The Kier molecular flexibility index (Phi) is 5.64. The van der Waals surface area contributed by atoms with Gasteiger partial charge in [-0.3, -0.25) is 4.79 Å². The number of Topliss-reactive ketones (excluding diaryl/α,β-unsaturated/α-hetero) is 1. The standard InChI is InChI=1S/C15H28O2/c1-5-6-7-8-14(16)15(11-17-4)12(2)9-10-13(15)3/h12-13H,5-11H2,1-4H3/t12-,13?,15?/m1/s1. The highest BCUT2D eigenvalue weighted by atomic mass is 16.5. The first kappa shape index (κ1) is 14.7. The lowest BCUT2D eigenvalue weighted by molar-refractivity contribution is -0.137. The van der Waals surface area contributed by atoms with Crippen LogP contribution in [0.2, 0.25) is 0 Å². The summed E-state index contributed by atoms with van der Waals surface area (Å²) in [6.45, 7) is 7.23. The van der Waals surface area contributed by atoms with Crippen molar-refractivity contribution in [2.24, 2.45) is 17.3 Å². The molecule has 1 aliphatic carbocycles. The van der Waals surface area contributed by atoms with Crippen molar-refractivity contribution in [2.45, 2.75) is 59.3 Å². The van der Waals surface area contributed by atoms with Crippen LogP contribution in [0.4, 0.5) is 0 Å². The molecule has 0 aliphatic heterocycles. The third-order valence-electron chi connectivity index (χ3n) is 4.70. The predicted octanol–water partition coefficient (Wildman–Crippen LogP) is 3.83. The number of unbranched alkanes of at least 4 members (excludes halogenated alkanes) is 2. The zero-order valence-corrected chi connectivity index (χ0v) is 11.9. The van der Waals surface area contributed by atoms with E-state index in [2.05, 4.69) is 20.8 Å². The molecule has 0 amide bonds. The number of ether oxygens (including phenoxy) is 1. The first-order valence-electron chi connectivity index (χ1n) is 7.11. The number of ketones is 1. The van der Waals surface area contributed by atoms with Crippen LogP contribution in [0.5, 0.6) is 0 Å². The van der Waals surface area contributed by atoms with E-state index in [9.17, 15) is 4.79 Å². The molecule has 2 unspecified atom stereocenters. The third kappa shape index (κ3) is 2.90. The normalized spacial score (nSPS) is 32.9. The maximum atomic E-state index is 12.6. The second-order valence-electron chi connectivity index (χ2n) is 5.73. The van der Waals surface area contributed by atoms with Crippen LogP contribution >= 0.6 is 0 Å². The monoisotopic (exact) mass is 240 g/mol. The largest absolute Gasteiger partial charge is 0.384 e. The van der Waals surface area contributed by atoms with Crippen LogP contribution in [0, 0.1) is 17.3 Å². The molecule has 0 aromatic heterocycles. The van der Waals surface area contributed by atoms with Gasteiger partial charge >= 0.3 is 0 Å². The van der Waals surface area contributed by atoms with E-state index in [0.29, 0.717) is 24.2 Å². The summed E-state index contributed by atoms with van der Waals surface area (Å²) >= 11 is 0. The Bertz CT molecular complexity index is 237. The summed E-state index contributed by atoms with van der Waals surface area (Å²) in [7, 11) is 1.72. The summed E-state index contributed by atoms with van der Waals surface area (Å²) in [5.74, 6) is 1.41. The zero-order valence-electron chi connectivity index (χ0n) is 11.9. The van der Waals surface area contributed by atoms with Gasteiger partial charge in [-0.25, -0.2) is 0 Å². The minimum Gasteiger partial charge on any atom is -0.384 e. The van der Waals surface area contributed by atoms with Gasteiger partial charge < -0.3 is 4.74 Å². The van der Waals surface area contributed by atoms with Gasteiger partial charge in [0.05, 0.1) is 12.0 Å². The fourth-order valence-electron chi connectivity index (χ4n) is 3.42. The Morgan fingerprint density at radius 3 is 2.29 bits per heavy atom. The van der Waals surface area contributed by atoms with Gasteiger partial charge in [0.2, 0.25) is 0 Å². The molecule has 0 spiro atoms. The van der Waals surface area contributed by atoms with E-state index >= 15 is 0 Å².